The molecule has 26 heavy (non-hydrogen) atoms. The van der Waals surface area contributed by atoms with Crippen molar-refractivity contribution in [3.63, 3.8) is 0 Å². The van der Waals surface area contributed by atoms with E-state index in [2.05, 4.69) is 29.2 Å². The van der Waals surface area contributed by atoms with Crippen molar-refractivity contribution in [1.29, 1.82) is 0 Å². The van der Waals surface area contributed by atoms with E-state index in [9.17, 15) is 9.59 Å². The van der Waals surface area contributed by atoms with Gasteiger partial charge in [0.15, 0.2) is 0 Å². The molecule has 1 aromatic rings. The second-order valence-electron chi connectivity index (χ2n) is 6.24. The third-order valence-electron chi connectivity index (χ3n) is 4.44. The molecule has 2 amide bonds. The van der Waals surface area contributed by atoms with Crippen LogP contribution in [0.15, 0.2) is 29.4 Å². The molecule has 0 aliphatic carbocycles. The minimum Gasteiger partial charge on any atom is -0.354 e. The molecule has 0 saturated heterocycles. The Morgan fingerprint density at radius 3 is 2.58 bits per heavy atom. The number of hydrogen-bond donors (Lipinski definition) is 1. The molecule has 1 aliphatic rings. The summed E-state index contributed by atoms with van der Waals surface area (Å²) in [6, 6.07) is 7.34. The van der Waals surface area contributed by atoms with Crippen LogP contribution in [-0.4, -0.2) is 60.2 Å². The molecule has 7 heteroatoms. The lowest BCUT2D eigenvalue weighted by atomic mass is 10.0. The molecule has 0 aromatic heterocycles. The maximum absolute atomic E-state index is 12.1. The Bertz CT molecular complexity index is 641. The highest BCUT2D eigenvalue weighted by molar-refractivity contribution is 6.30. The predicted molar refractivity (Wildman–Crippen MR) is 104 cm³/mol. The zero-order chi connectivity index (χ0) is 18.9. The van der Waals surface area contributed by atoms with Gasteiger partial charge in [0.2, 0.25) is 11.8 Å². The maximum Gasteiger partial charge on any atom is 0.243 e. The minimum atomic E-state index is -0.181. The second kappa shape index (κ2) is 10.3. The molecular weight excluding hydrogens is 352 g/mol. The van der Waals surface area contributed by atoms with Gasteiger partial charge in [-0.15, -0.1) is 0 Å². The Morgan fingerprint density at radius 2 is 1.92 bits per heavy atom. The van der Waals surface area contributed by atoms with Crippen LogP contribution in [0.3, 0.4) is 0 Å². The van der Waals surface area contributed by atoms with Gasteiger partial charge in [0.25, 0.3) is 0 Å². The second-order valence-corrected chi connectivity index (χ2v) is 6.67. The summed E-state index contributed by atoms with van der Waals surface area (Å²) in [5.41, 5.74) is 1.72. The quantitative estimate of drug-likeness (QED) is 0.671. The van der Waals surface area contributed by atoms with Crippen LogP contribution in [0.2, 0.25) is 5.02 Å². The molecule has 0 atom stereocenters. The summed E-state index contributed by atoms with van der Waals surface area (Å²) in [4.78, 5) is 26.5. The third-order valence-corrected chi connectivity index (χ3v) is 4.70. The number of hydrazone groups is 1. The van der Waals surface area contributed by atoms with Gasteiger partial charge in [0.05, 0.1) is 5.71 Å². The standard InChI is InChI=1S/C19H27ClN4O2/c1-3-23(4-2)13-5-12-21-18(25)14-24-19(26)11-10-17(22-24)15-6-8-16(20)9-7-15/h6-9H,3-5,10-14H2,1-2H3,(H,21,25). The molecule has 142 valence electrons. The number of rotatable bonds is 9. The summed E-state index contributed by atoms with van der Waals surface area (Å²) in [5, 5.41) is 9.17. The number of carbonyl (C=O) groups excluding carboxylic acids is 2. The number of nitrogens with one attached hydrogen (secondary N) is 1. The molecule has 0 unspecified atom stereocenters. The molecule has 1 heterocycles. The lowest BCUT2D eigenvalue weighted by molar-refractivity contribution is -0.136. The smallest absolute Gasteiger partial charge is 0.243 e. The van der Waals surface area contributed by atoms with E-state index in [0.29, 0.717) is 24.4 Å². The Hall–Kier alpha value is -1.92. The first-order valence-electron chi connectivity index (χ1n) is 9.16. The van der Waals surface area contributed by atoms with Crippen LogP contribution in [-0.2, 0) is 9.59 Å². The van der Waals surface area contributed by atoms with Crippen molar-refractivity contribution in [3.8, 4) is 0 Å². The van der Waals surface area contributed by atoms with E-state index in [1.807, 2.05) is 12.1 Å². The topological polar surface area (TPSA) is 65.0 Å². The Balaban J connectivity index is 1.86. The van der Waals surface area contributed by atoms with E-state index in [-0.39, 0.29) is 18.4 Å². The summed E-state index contributed by atoms with van der Waals surface area (Å²) in [7, 11) is 0. The lowest BCUT2D eigenvalue weighted by Crippen LogP contribution is -2.41. The Morgan fingerprint density at radius 1 is 1.23 bits per heavy atom. The summed E-state index contributed by atoms with van der Waals surface area (Å²) in [5.74, 6) is -0.306. The molecule has 1 aliphatic heterocycles. The van der Waals surface area contributed by atoms with Gasteiger partial charge in [-0.05, 0) is 43.8 Å². The van der Waals surface area contributed by atoms with E-state index in [0.717, 1.165) is 37.3 Å². The van der Waals surface area contributed by atoms with Gasteiger partial charge in [0.1, 0.15) is 6.54 Å². The van der Waals surface area contributed by atoms with Crippen molar-refractivity contribution in [2.24, 2.45) is 5.10 Å². The third kappa shape index (κ3) is 6.11. The van der Waals surface area contributed by atoms with Crippen molar-refractivity contribution < 1.29 is 9.59 Å². The number of benzene rings is 1. The molecule has 2 rings (SSSR count). The zero-order valence-corrected chi connectivity index (χ0v) is 16.3. The van der Waals surface area contributed by atoms with Crippen LogP contribution in [0.4, 0.5) is 0 Å². The zero-order valence-electron chi connectivity index (χ0n) is 15.5. The van der Waals surface area contributed by atoms with E-state index >= 15 is 0 Å². The first-order chi connectivity index (χ1) is 12.5. The van der Waals surface area contributed by atoms with E-state index in [1.54, 1.807) is 12.1 Å². The fourth-order valence-electron chi connectivity index (χ4n) is 2.84. The maximum atomic E-state index is 12.1. The summed E-state index contributed by atoms with van der Waals surface area (Å²) < 4.78 is 0. The predicted octanol–water partition coefficient (Wildman–Crippen LogP) is 2.51. The monoisotopic (exact) mass is 378 g/mol. The van der Waals surface area contributed by atoms with Gasteiger partial charge in [-0.25, -0.2) is 5.01 Å². The average Bonchev–Trinajstić information content (AvgIpc) is 2.64. The van der Waals surface area contributed by atoms with Crippen molar-refractivity contribution in [2.45, 2.75) is 33.1 Å². The van der Waals surface area contributed by atoms with Crippen LogP contribution in [0, 0.1) is 0 Å². The number of nitrogens with zero attached hydrogens (tertiary/aromatic N) is 3. The number of amides is 2. The van der Waals surface area contributed by atoms with E-state index in [1.165, 1.54) is 5.01 Å². The Kier molecular flexibility index (Phi) is 8.06. The molecule has 0 bridgehead atoms. The lowest BCUT2D eigenvalue weighted by Gasteiger charge is -2.23. The molecule has 0 fully saturated rings. The van der Waals surface area contributed by atoms with Gasteiger partial charge >= 0.3 is 0 Å². The van der Waals surface area contributed by atoms with Gasteiger partial charge in [0, 0.05) is 24.4 Å². The molecule has 1 aromatic carbocycles. The highest BCUT2D eigenvalue weighted by Crippen LogP contribution is 2.17. The van der Waals surface area contributed by atoms with Crippen LogP contribution in [0.1, 0.15) is 38.7 Å². The first-order valence-corrected chi connectivity index (χ1v) is 9.54. The number of hydrogen-bond acceptors (Lipinski definition) is 4. The molecule has 1 N–H and O–H groups in total. The van der Waals surface area contributed by atoms with Gasteiger partial charge in [-0.3, -0.25) is 9.59 Å². The van der Waals surface area contributed by atoms with Crippen molar-refractivity contribution in [2.75, 3.05) is 32.7 Å². The SMILES string of the molecule is CCN(CC)CCCNC(=O)CN1N=C(c2ccc(Cl)cc2)CCC1=O. The average molecular weight is 379 g/mol. The van der Waals surface area contributed by atoms with Crippen molar-refractivity contribution in [3.05, 3.63) is 34.9 Å². The van der Waals surface area contributed by atoms with Crippen LogP contribution < -0.4 is 5.32 Å². The summed E-state index contributed by atoms with van der Waals surface area (Å²) >= 11 is 5.91. The molecule has 0 spiro atoms. The normalized spacial score (nSPS) is 14.5. The molecule has 0 radical (unpaired) electrons. The molecular formula is C19H27ClN4O2. The first kappa shape index (κ1) is 20.4. The van der Waals surface area contributed by atoms with Crippen molar-refractivity contribution >= 4 is 29.1 Å². The van der Waals surface area contributed by atoms with E-state index < -0.39 is 0 Å². The Labute approximate surface area is 160 Å². The van der Waals surface area contributed by atoms with Gasteiger partial charge in [-0.1, -0.05) is 37.6 Å². The van der Waals surface area contributed by atoms with Gasteiger partial charge in [-0.2, -0.15) is 5.10 Å². The number of carbonyl (C=O) groups is 2. The van der Waals surface area contributed by atoms with Crippen molar-refractivity contribution in [1.82, 2.24) is 15.2 Å². The minimum absolute atomic E-state index is 0.0405. The molecule has 0 saturated carbocycles. The van der Waals surface area contributed by atoms with E-state index in [4.69, 9.17) is 11.6 Å². The van der Waals surface area contributed by atoms with Crippen LogP contribution >= 0.6 is 11.6 Å². The highest BCUT2D eigenvalue weighted by atomic mass is 35.5. The largest absolute Gasteiger partial charge is 0.354 e. The van der Waals surface area contributed by atoms with Crippen LogP contribution in [0.25, 0.3) is 0 Å². The molecule has 6 nitrogen and oxygen atoms in total. The van der Waals surface area contributed by atoms with Crippen LogP contribution in [0.5, 0.6) is 0 Å². The fourth-order valence-corrected chi connectivity index (χ4v) is 2.96. The van der Waals surface area contributed by atoms with Gasteiger partial charge < -0.3 is 10.2 Å². The fraction of sp³-hybridized carbons (Fsp3) is 0.526. The summed E-state index contributed by atoms with van der Waals surface area (Å²) in [6.45, 7) is 7.78. The highest BCUT2D eigenvalue weighted by Gasteiger charge is 2.23. The number of halogens is 1. The summed E-state index contributed by atoms with van der Waals surface area (Å²) in [6.07, 6.45) is 1.82.